The number of nitrogens with one attached hydrogen (secondary N) is 1. The lowest BCUT2D eigenvalue weighted by Crippen LogP contribution is -2.14. The number of nitrogens with zero attached hydrogens (tertiary/aromatic N) is 2. The van der Waals surface area contributed by atoms with Crippen LogP contribution in [0.5, 0.6) is 5.75 Å². The van der Waals surface area contributed by atoms with E-state index in [0.717, 1.165) is 17.0 Å². The highest BCUT2D eigenvalue weighted by atomic mass is 35.5. The van der Waals surface area contributed by atoms with Gasteiger partial charge in [0.05, 0.1) is 12.8 Å². The largest absolute Gasteiger partial charge is 0.496 e. The topological polar surface area (TPSA) is 47.0 Å². The maximum atomic E-state index is 6.14. The summed E-state index contributed by atoms with van der Waals surface area (Å²) in [7, 11) is 1.64. The maximum absolute atomic E-state index is 6.14. The van der Waals surface area contributed by atoms with Crippen molar-refractivity contribution in [1.82, 2.24) is 15.3 Å². The molecular weight excluding hydrogens is 250 g/mol. The molecule has 1 N–H and O–H groups in total. The lowest BCUT2D eigenvalue weighted by atomic mass is 10.2. The van der Waals surface area contributed by atoms with Gasteiger partial charge in [-0.25, -0.2) is 0 Å². The fraction of sp³-hybridized carbons (Fsp3) is 0.231. The molecule has 0 aliphatic carbocycles. The van der Waals surface area contributed by atoms with Gasteiger partial charge in [0.15, 0.2) is 0 Å². The molecule has 1 aromatic carbocycles. The smallest absolute Gasteiger partial charge is 0.124 e. The maximum Gasteiger partial charge on any atom is 0.124 e. The summed E-state index contributed by atoms with van der Waals surface area (Å²) in [6, 6.07) is 5.61. The summed E-state index contributed by atoms with van der Waals surface area (Å²) < 4.78 is 5.28. The van der Waals surface area contributed by atoms with Crippen molar-refractivity contribution in [2.45, 2.75) is 13.1 Å². The first-order chi connectivity index (χ1) is 8.81. The van der Waals surface area contributed by atoms with Crippen LogP contribution in [0.15, 0.2) is 36.8 Å². The van der Waals surface area contributed by atoms with Crippen LogP contribution in [0.2, 0.25) is 5.02 Å². The van der Waals surface area contributed by atoms with Gasteiger partial charge in [-0.1, -0.05) is 17.7 Å². The second-order valence-corrected chi connectivity index (χ2v) is 4.13. The zero-order chi connectivity index (χ0) is 12.8. The predicted octanol–water partition coefficient (Wildman–Crippen LogP) is 2.43. The molecule has 94 valence electrons. The number of halogens is 1. The highest BCUT2D eigenvalue weighted by Crippen LogP contribution is 2.25. The first kappa shape index (κ1) is 12.8. The molecule has 0 aliphatic rings. The number of benzene rings is 1. The van der Waals surface area contributed by atoms with Crippen molar-refractivity contribution in [2.75, 3.05) is 7.11 Å². The van der Waals surface area contributed by atoms with Crippen LogP contribution in [0, 0.1) is 0 Å². The second-order valence-electron chi connectivity index (χ2n) is 3.72. The summed E-state index contributed by atoms with van der Waals surface area (Å²) in [5.74, 6) is 0.786. The number of hydrogen-bond acceptors (Lipinski definition) is 4. The molecule has 0 fully saturated rings. The van der Waals surface area contributed by atoms with Crippen LogP contribution < -0.4 is 10.1 Å². The Kier molecular flexibility index (Phi) is 4.50. The fourth-order valence-corrected chi connectivity index (χ4v) is 1.87. The quantitative estimate of drug-likeness (QED) is 0.900. The van der Waals surface area contributed by atoms with E-state index >= 15 is 0 Å². The molecule has 0 radical (unpaired) electrons. The number of rotatable bonds is 5. The van der Waals surface area contributed by atoms with Crippen molar-refractivity contribution in [3.63, 3.8) is 0 Å². The number of methoxy groups -OCH3 is 1. The molecule has 0 saturated heterocycles. The van der Waals surface area contributed by atoms with Gasteiger partial charge in [0.1, 0.15) is 5.75 Å². The zero-order valence-electron chi connectivity index (χ0n) is 10.1. The lowest BCUT2D eigenvalue weighted by molar-refractivity contribution is 0.407. The van der Waals surface area contributed by atoms with Gasteiger partial charge in [-0.15, -0.1) is 0 Å². The summed E-state index contributed by atoms with van der Waals surface area (Å²) in [5, 5.41) is 3.96. The normalized spacial score (nSPS) is 10.3. The van der Waals surface area contributed by atoms with Crippen LogP contribution in [-0.4, -0.2) is 17.1 Å². The average Bonchev–Trinajstić information content (AvgIpc) is 2.41. The van der Waals surface area contributed by atoms with Crippen molar-refractivity contribution in [1.29, 1.82) is 0 Å². The van der Waals surface area contributed by atoms with Crippen LogP contribution in [-0.2, 0) is 13.1 Å². The molecule has 2 rings (SSSR count). The first-order valence-corrected chi connectivity index (χ1v) is 5.96. The summed E-state index contributed by atoms with van der Waals surface area (Å²) in [6.07, 6.45) is 5.06. The van der Waals surface area contributed by atoms with E-state index in [0.29, 0.717) is 18.1 Å². The van der Waals surface area contributed by atoms with Crippen molar-refractivity contribution in [3.05, 3.63) is 53.1 Å². The Balaban J connectivity index is 1.98. The van der Waals surface area contributed by atoms with Gasteiger partial charge in [0, 0.05) is 42.3 Å². The molecule has 0 spiro atoms. The number of aromatic nitrogens is 2. The Morgan fingerprint density at radius 3 is 2.89 bits per heavy atom. The Morgan fingerprint density at radius 1 is 1.28 bits per heavy atom. The Labute approximate surface area is 111 Å². The third kappa shape index (κ3) is 3.18. The van der Waals surface area contributed by atoms with E-state index in [1.165, 1.54) is 0 Å². The fourth-order valence-electron chi connectivity index (χ4n) is 1.64. The van der Waals surface area contributed by atoms with E-state index in [1.54, 1.807) is 25.7 Å². The SMILES string of the molecule is COc1cccc(Cl)c1CNCc1cnccn1. The van der Waals surface area contributed by atoms with E-state index in [9.17, 15) is 0 Å². The van der Waals surface area contributed by atoms with Crippen LogP contribution >= 0.6 is 11.6 Å². The molecule has 18 heavy (non-hydrogen) atoms. The third-order valence-electron chi connectivity index (χ3n) is 2.52. The van der Waals surface area contributed by atoms with Crippen LogP contribution in [0.3, 0.4) is 0 Å². The Morgan fingerprint density at radius 2 is 2.17 bits per heavy atom. The minimum atomic E-state index is 0.624. The van der Waals surface area contributed by atoms with Crippen LogP contribution in [0.25, 0.3) is 0 Å². The van der Waals surface area contributed by atoms with Gasteiger partial charge in [0.25, 0.3) is 0 Å². The molecule has 1 heterocycles. The molecule has 2 aromatic rings. The van der Waals surface area contributed by atoms with Crippen molar-refractivity contribution < 1.29 is 4.74 Å². The monoisotopic (exact) mass is 263 g/mol. The van der Waals surface area contributed by atoms with Gasteiger partial charge < -0.3 is 10.1 Å². The van der Waals surface area contributed by atoms with Gasteiger partial charge >= 0.3 is 0 Å². The highest BCUT2D eigenvalue weighted by Gasteiger charge is 2.06. The highest BCUT2D eigenvalue weighted by molar-refractivity contribution is 6.31. The molecule has 5 heteroatoms. The zero-order valence-corrected chi connectivity index (χ0v) is 10.8. The van der Waals surface area contributed by atoms with Crippen molar-refractivity contribution in [3.8, 4) is 5.75 Å². The third-order valence-corrected chi connectivity index (χ3v) is 2.87. The molecular formula is C13H14ClN3O. The van der Waals surface area contributed by atoms with E-state index in [-0.39, 0.29) is 0 Å². The van der Waals surface area contributed by atoms with E-state index in [1.807, 2.05) is 18.2 Å². The first-order valence-electron chi connectivity index (χ1n) is 5.58. The molecule has 0 unspecified atom stereocenters. The molecule has 0 bridgehead atoms. The average molecular weight is 264 g/mol. The van der Waals surface area contributed by atoms with Gasteiger partial charge in [-0.2, -0.15) is 0 Å². The minimum absolute atomic E-state index is 0.624. The summed E-state index contributed by atoms with van der Waals surface area (Å²) in [4.78, 5) is 8.19. The molecule has 1 aromatic heterocycles. The van der Waals surface area contributed by atoms with Gasteiger partial charge in [0.2, 0.25) is 0 Å². The second kappa shape index (κ2) is 6.33. The van der Waals surface area contributed by atoms with Crippen molar-refractivity contribution >= 4 is 11.6 Å². The van der Waals surface area contributed by atoms with E-state index < -0.39 is 0 Å². The molecule has 0 aliphatic heterocycles. The number of hydrogen-bond donors (Lipinski definition) is 1. The Hall–Kier alpha value is -1.65. The molecule has 0 saturated carbocycles. The summed E-state index contributed by atoms with van der Waals surface area (Å²) >= 11 is 6.14. The molecule has 4 nitrogen and oxygen atoms in total. The summed E-state index contributed by atoms with van der Waals surface area (Å²) in [5.41, 5.74) is 1.84. The predicted molar refractivity (Wildman–Crippen MR) is 70.6 cm³/mol. The van der Waals surface area contributed by atoms with E-state index in [2.05, 4.69) is 15.3 Å². The standard InChI is InChI=1S/C13H14ClN3O/c1-18-13-4-2-3-12(14)11(13)9-16-8-10-7-15-5-6-17-10/h2-7,16H,8-9H2,1H3. The molecule has 0 atom stereocenters. The van der Waals surface area contributed by atoms with Crippen molar-refractivity contribution in [2.24, 2.45) is 0 Å². The number of ether oxygens (including phenoxy) is 1. The van der Waals surface area contributed by atoms with Gasteiger partial charge in [-0.05, 0) is 12.1 Å². The Bertz CT molecular complexity index is 505. The molecule has 0 amide bonds. The lowest BCUT2D eigenvalue weighted by Gasteiger charge is -2.11. The van der Waals surface area contributed by atoms with Crippen LogP contribution in [0.4, 0.5) is 0 Å². The van der Waals surface area contributed by atoms with Crippen LogP contribution in [0.1, 0.15) is 11.3 Å². The van der Waals surface area contributed by atoms with E-state index in [4.69, 9.17) is 16.3 Å². The summed E-state index contributed by atoms with van der Waals surface area (Å²) in [6.45, 7) is 1.27. The van der Waals surface area contributed by atoms with Gasteiger partial charge in [-0.3, -0.25) is 9.97 Å². The minimum Gasteiger partial charge on any atom is -0.496 e.